The summed E-state index contributed by atoms with van der Waals surface area (Å²) in [7, 11) is 0. The number of benzene rings is 1. The van der Waals surface area contributed by atoms with E-state index in [9.17, 15) is 23.2 Å². The van der Waals surface area contributed by atoms with E-state index in [4.69, 9.17) is 27.9 Å². The average Bonchev–Trinajstić information content (AvgIpc) is 2.62. The second kappa shape index (κ2) is 9.24. The molecule has 0 aliphatic carbocycles. The number of nitrogens with one attached hydrogen (secondary N) is 1. The van der Waals surface area contributed by atoms with Crippen LogP contribution in [0.15, 0.2) is 36.5 Å². The lowest BCUT2D eigenvalue weighted by Crippen LogP contribution is -2.34. The van der Waals surface area contributed by atoms with Crippen molar-refractivity contribution in [3.8, 4) is 5.75 Å². The summed E-state index contributed by atoms with van der Waals surface area (Å²) in [5.41, 5.74) is -0.0110. The molecule has 0 aliphatic heterocycles. The number of rotatable bonds is 6. The van der Waals surface area contributed by atoms with Crippen LogP contribution in [0.4, 0.5) is 8.78 Å². The maximum atomic E-state index is 12.1. The van der Waals surface area contributed by atoms with Crippen LogP contribution in [0.25, 0.3) is 0 Å². The Bertz CT molecular complexity index is 862. The number of aromatic nitrogens is 1. The molecular weight excluding hydrogens is 409 g/mol. The summed E-state index contributed by atoms with van der Waals surface area (Å²) in [6.07, 6.45) is 1.11. The van der Waals surface area contributed by atoms with Crippen molar-refractivity contribution in [3.05, 3.63) is 57.8 Å². The van der Waals surface area contributed by atoms with Crippen LogP contribution in [0, 0.1) is 0 Å². The Labute approximate surface area is 161 Å². The molecule has 2 rings (SSSR count). The normalized spacial score (nSPS) is 10.4. The van der Waals surface area contributed by atoms with Crippen LogP contribution in [0.2, 0.25) is 10.2 Å². The number of hydrogen-bond donors (Lipinski definition) is 1. The largest absolute Gasteiger partial charge is 0.452 e. The van der Waals surface area contributed by atoms with Crippen molar-refractivity contribution in [1.29, 1.82) is 0 Å². The lowest BCUT2D eigenvalue weighted by Gasteiger charge is -2.07. The Kier molecular flexibility index (Phi) is 7.03. The summed E-state index contributed by atoms with van der Waals surface area (Å²) in [5.74, 6) is -2.74. The fraction of sp³-hybridized carbons (Fsp3) is 0.125. The third-order valence-corrected chi connectivity index (χ3v) is 3.65. The first-order chi connectivity index (χ1) is 12.8. The summed E-state index contributed by atoms with van der Waals surface area (Å²) in [5, 5.41) is 2.01. The van der Waals surface area contributed by atoms with Gasteiger partial charge in [-0.2, -0.15) is 8.78 Å². The Morgan fingerprint density at radius 1 is 1.11 bits per heavy atom. The van der Waals surface area contributed by atoms with Gasteiger partial charge in [0.15, 0.2) is 6.61 Å². The fourth-order valence-corrected chi connectivity index (χ4v) is 2.04. The maximum absolute atomic E-state index is 12.1. The second-order valence-electron chi connectivity index (χ2n) is 4.85. The number of ether oxygens (including phenoxy) is 2. The van der Waals surface area contributed by atoms with E-state index in [2.05, 4.69) is 9.72 Å². The van der Waals surface area contributed by atoms with Crippen LogP contribution in [0.1, 0.15) is 20.7 Å². The molecular formula is C16H10Cl2F2N2O5. The number of nitrogens with zero attached hydrogens (tertiary/aromatic N) is 1. The molecule has 0 spiro atoms. The van der Waals surface area contributed by atoms with E-state index in [1.165, 1.54) is 18.2 Å². The Balaban J connectivity index is 1.86. The van der Waals surface area contributed by atoms with Crippen molar-refractivity contribution < 1.29 is 32.6 Å². The molecule has 0 fully saturated rings. The van der Waals surface area contributed by atoms with E-state index in [1.54, 1.807) is 0 Å². The van der Waals surface area contributed by atoms with Gasteiger partial charge in [-0.15, -0.1) is 0 Å². The highest BCUT2D eigenvalue weighted by Crippen LogP contribution is 2.20. The van der Waals surface area contributed by atoms with Crippen LogP contribution < -0.4 is 10.1 Å². The van der Waals surface area contributed by atoms with E-state index in [0.29, 0.717) is 0 Å². The van der Waals surface area contributed by atoms with Gasteiger partial charge < -0.3 is 9.47 Å². The first-order valence-corrected chi connectivity index (χ1v) is 7.89. The second-order valence-corrected chi connectivity index (χ2v) is 5.62. The molecule has 142 valence electrons. The lowest BCUT2D eigenvalue weighted by atomic mass is 10.2. The standard InChI is InChI=1S/C16H10Cl2F2N2O5/c17-11-5-9(6-21-13(11)18)15(25)26-7-12(23)22-14(24)8-1-3-10(4-2-8)27-16(19)20/h1-6,16H,7H2,(H,22,23,24). The number of alkyl halides is 2. The van der Waals surface area contributed by atoms with Gasteiger partial charge in [-0.05, 0) is 30.3 Å². The van der Waals surface area contributed by atoms with Gasteiger partial charge in [-0.3, -0.25) is 14.9 Å². The molecule has 0 saturated heterocycles. The molecule has 0 bridgehead atoms. The summed E-state index contributed by atoms with van der Waals surface area (Å²) >= 11 is 11.3. The van der Waals surface area contributed by atoms with Crippen molar-refractivity contribution in [2.75, 3.05) is 6.61 Å². The zero-order valence-corrected chi connectivity index (χ0v) is 14.8. The van der Waals surface area contributed by atoms with Crippen LogP contribution in [0.3, 0.4) is 0 Å². The zero-order valence-electron chi connectivity index (χ0n) is 13.2. The quantitative estimate of drug-likeness (QED) is 0.571. The van der Waals surface area contributed by atoms with Gasteiger partial charge >= 0.3 is 12.6 Å². The van der Waals surface area contributed by atoms with Crippen molar-refractivity contribution in [2.45, 2.75) is 6.61 Å². The average molecular weight is 419 g/mol. The molecule has 1 N–H and O–H groups in total. The minimum atomic E-state index is -2.99. The smallest absolute Gasteiger partial charge is 0.387 e. The van der Waals surface area contributed by atoms with Crippen LogP contribution >= 0.6 is 23.2 Å². The van der Waals surface area contributed by atoms with Gasteiger partial charge in [0, 0.05) is 11.8 Å². The van der Waals surface area contributed by atoms with Gasteiger partial charge in [0.2, 0.25) is 0 Å². The lowest BCUT2D eigenvalue weighted by molar-refractivity contribution is -0.123. The molecule has 7 nitrogen and oxygen atoms in total. The summed E-state index contributed by atoms with van der Waals surface area (Å²) in [6, 6.07) is 5.87. The van der Waals surface area contributed by atoms with Gasteiger partial charge in [0.1, 0.15) is 10.9 Å². The van der Waals surface area contributed by atoms with Gasteiger partial charge in [0.25, 0.3) is 11.8 Å². The predicted molar refractivity (Wildman–Crippen MR) is 90.1 cm³/mol. The van der Waals surface area contributed by atoms with Gasteiger partial charge in [-0.25, -0.2) is 9.78 Å². The monoisotopic (exact) mass is 418 g/mol. The van der Waals surface area contributed by atoms with E-state index in [-0.39, 0.29) is 27.1 Å². The van der Waals surface area contributed by atoms with Crippen LogP contribution in [-0.4, -0.2) is 36.0 Å². The number of hydrogen-bond acceptors (Lipinski definition) is 6. The Hall–Kier alpha value is -2.78. The molecule has 1 aromatic carbocycles. The topological polar surface area (TPSA) is 94.6 Å². The number of pyridine rings is 1. The summed E-state index contributed by atoms with van der Waals surface area (Å²) < 4.78 is 33.0. The van der Waals surface area contributed by atoms with Gasteiger partial charge in [-0.1, -0.05) is 23.2 Å². The Morgan fingerprint density at radius 3 is 2.37 bits per heavy atom. The molecule has 2 aromatic rings. The SMILES string of the molecule is O=C(COC(=O)c1cnc(Cl)c(Cl)c1)NC(=O)c1ccc(OC(F)F)cc1. The van der Waals surface area contributed by atoms with E-state index < -0.39 is 31.0 Å². The molecule has 0 radical (unpaired) electrons. The third kappa shape index (κ3) is 6.15. The Morgan fingerprint density at radius 2 is 1.78 bits per heavy atom. The first kappa shape index (κ1) is 20.5. The summed E-state index contributed by atoms with van der Waals surface area (Å²) in [4.78, 5) is 39.0. The fourth-order valence-electron chi connectivity index (χ4n) is 1.77. The zero-order chi connectivity index (χ0) is 20.0. The van der Waals surface area contributed by atoms with Crippen LogP contribution in [0.5, 0.6) is 5.75 Å². The number of esters is 1. The van der Waals surface area contributed by atoms with E-state index in [1.807, 2.05) is 5.32 Å². The number of amides is 2. The molecule has 11 heteroatoms. The summed E-state index contributed by atoms with van der Waals surface area (Å²) in [6.45, 7) is -3.73. The van der Waals surface area contributed by atoms with E-state index >= 15 is 0 Å². The van der Waals surface area contributed by atoms with Crippen molar-refractivity contribution in [1.82, 2.24) is 10.3 Å². The molecule has 0 saturated carbocycles. The first-order valence-electron chi connectivity index (χ1n) is 7.13. The third-order valence-electron chi connectivity index (χ3n) is 2.96. The van der Waals surface area contributed by atoms with Crippen molar-refractivity contribution >= 4 is 41.0 Å². The van der Waals surface area contributed by atoms with Gasteiger partial charge in [0.05, 0.1) is 10.6 Å². The minimum Gasteiger partial charge on any atom is -0.452 e. The number of carbonyl (C=O) groups is 3. The highest BCUT2D eigenvalue weighted by Gasteiger charge is 2.15. The van der Waals surface area contributed by atoms with E-state index in [0.717, 1.165) is 18.3 Å². The molecule has 1 heterocycles. The molecule has 27 heavy (non-hydrogen) atoms. The van der Waals surface area contributed by atoms with Crippen LogP contribution in [-0.2, 0) is 9.53 Å². The molecule has 0 unspecified atom stereocenters. The number of imide groups is 1. The van der Waals surface area contributed by atoms with Crippen molar-refractivity contribution in [2.24, 2.45) is 0 Å². The molecule has 0 aliphatic rings. The molecule has 1 aromatic heterocycles. The highest BCUT2D eigenvalue weighted by atomic mass is 35.5. The molecule has 0 atom stereocenters. The maximum Gasteiger partial charge on any atom is 0.387 e. The number of carbonyl (C=O) groups excluding carboxylic acids is 3. The number of halogens is 4. The highest BCUT2D eigenvalue weighted by molar-refractivity contribution is 6.41. The molecule has 2 amide bonds. The minimum absolute atomic E-state index is 0.00141. The van der Waals surface area contributed by atoms with Crippen molar-refractivity contribution in [3.63, 3.8) is 0 Å². The predicted octanol–water partition coefficient (Wildman–Crippen LogP) is 3.10.